The van der Waals surface area contributed by atoms with E-state index < -0.39 is 0 Å². The molecular weight excluding hydrogens is 1070 g/mol. The molecule has 13 rings (SSSR count). The summed E-state index contributed by atoms with van der Waals surface area (Å²) in [4.78, 5) is 50.2. The number of fused-ring (bicyclic) bond motifs is 20. The van der Waals surface area contributed by atoms with Crippen LogP contribution >= 0.6 is 0 Å². The van der Waals surface area contributed by atoms with Crippen molar-refractivity contribution in [3.8, 4) is 91.5 Å². The minimum Gasteiger partial charge on any atom is -0.452 e. The molecule has 8 aromatic carbocycles. The normalized spacial score (nSPS) is 11.4. The molecule has 11 aromatic rings. The van der Waals surface area contributed by atoms with Gasteiger partial charge in [-0.05, 0) is 70.1 Å². The van der Waals surface area contributed by atoms with Crippen molar-refractivity contribution >= 4 is 66.9 Å². The molecule has 81 heavy (non-hydrogen) atoms. The van der Waals surface area contributed by atoms with Crippen LogP contribution in [0.2, 0.25) is 0 Å². The summed E-state index contributed by atoms with van der Waals surface area (Å²) in [6, 6.07) is 54.8. The van der Waals surface area contributed by atoms with E-state index in [2.05, 4.69) is 0 Å². The molecule has 0 radical (unpaired) electrons. The summed E-state index contributed by atoms with van der Waals surface area (Å²) in [5.41, 5.74) is 7.52. The Balaban J connectivity index is 0.00000651. The van der Waals surface area contributed by atoms with Gasteiger partial charge in [0.2, 0.25) is 11.5 Å². The van der Waals surface area contributed by atoms with Crippen LogP contribution in [0.3, 0.4) is 0 Å². The van der Waals surface area contributed by atoms with Gasteiger partial charge < -0.3 is 68.5 Å². The number of ether oxygens (including phenoxy) is 4. The first-order chi connectivity index (χ1) is 38.9. The average molecular weight is 1120 g/mol. The van der Waals surface area contributed by atoms with Crippen LogP contribution in [0.15, 0.2) is 170 Å². The Morgan fingerprint density at radius 3 is 0.877 bits per heavy atom. The van der Waals surface area contributed by atoms with Gasteiger partial charge in [-0.2, -0.15) is 0 Å². The van der Waals surface area contributed by atoms with Crippen molar-refractivity contribution in [1.29, 1.82) is 0 Å². The van der Waals surface area contributed by atoms with Gasteiger partial charge in [-0.1, -0.05) is 97.1 Å². The van der Waals surface area contributed by atoms with Crippen molar-refractivity contribution in [3.63, 3.8) is 0 Å². The van der Waals surface area contributed by atoms with Crippen LogP contribution in [0.5, 0.6) is 46.0 Å². The van der Waals surface area contributed by atoms with Crippen LogP contribution in [0.25, 0.3) is 89.7 Å². The smallest absolute Gasteiger partial charge is 0.452 e. The van der Waals surface area contributed by atoms with Gasteiger partial charge in [-0.3, -0.25) is 0 Å². The Hall–Kier alpha value is -9.86. The number of benzene rings is 8. The second-order valence-electron chi connectivity index (χ2n) is 20.2. The monoisotopic (exact) mass is 1120 g/mol. The molecule has 0 spiro atoms. The molecule has 2 aliphatic rings. The SMILES string of the molecule is CN(C)c1cccc(Oc2c(Oc3cccc(N(C)C)c3)c(Oc3cccc(N(C)C)c3)c3c(c2Oc2cccc(N(C)C)c2)-c2nc-3nc3[n-]c(nc4nc(nc5[n-]c(n2)c2ccccc52)-c2ccccc2-4)c2ccccc32)c1.[Zn+2]. The first kappa shape index (κ1) is 51.9. The molecule has 0 aliphatic carbocycles. The second kappa shape index (κ2) is 21.1. The summed E-state index contributed by atoms with van der Waals surface area (Å²) in [7, 11) is 15.8. The summed E-state index contributed by atoms with van der Waals surface area (Å²) >= 11 is 0. The molecule has 0 saturated carbocycles. The second-order valence-corrected chi connectivity index (χ2v) is 20.2. The quantitative estimate of drug-likeness (QED) is 0.106. The number of rotatable bonds is 12. The Bertz CT molecular complexity index is 4170. The first-order valence-corrected chi connectivity index (χ1v) is 26.0. The van der Waals surface area contributed by atoms with E-state index in [4.69, 9.17) is 58.8 Å². The van der Waals surface area contributed by atoms with E-state index in [1.165, 1.54) is 0 Å². The third-order valence-electron chi connectivity index (χ3n) is 13.9. The Morgan fingerprint density at radius 1 is 0.296 bits per heavy atom. The molecule has 0 fully saturated rings. The molecule has 2 aliphatic heterocycles. The molecule has 5 heterocycles. The van der Waals surface area contributed by atoms with Crippen LogP contribution in [0.1, 0.15) is 0 Å². The predicted octanol–water partition coefficient (Wildman–Crippen LogP) is 13.6. The Labute approximate surface area is 480 Å². The summed E-state index contributed by atoms with van der Waals surface area (Å²) < 4.78 is 29.3. The maximum Gasteiger partial charge on any atom is 2.00 e. The van der Waals surface area contributed by atoms with Gasteiger partial charge in [-0.15, -0.1) is 0 Å². The number of hydrogen-bond donors (Lipinski definition) is 0. The number of nitrogens with zero attached hydrogens (tertiary/aromatic N) is 12. The third kappa shape index (κ3) is 9.71. The zero-order valence-corrected chi connectivity index (χ0v) is 48.8. The molecule has 0 unspecified atom stereocenters. The molecule has 0 saturated heterocycles. The summed E-state index contributed by atoms with van der Waals surface area (Å²) in [5.74, 6) is 4.00. The standard InChI is InChI=1S/C64H52N12O4.Zn/c1-73(2)37-19-15-23-41(33-37)77-53-51-52(54(78-42-24-16-20-38(34-42)74(3)4)56(80-44-26-18-22-40(36-44)76(7)8)55(53)79-43-25-17-21-39(35-43)75(5)6)64-71-62-50-32-14-12-30-48(50)60(69-62)67-58-46-28-10-9-27-45(46)57(65-58)66-59-47-29-11-13-31-49(47)61(68-59)70-63(51)72-64;/h9-36H,1-8H3;/q-2;+2. The van der Waals surface area contributed by atoms with Crippen LogP contribution in [0, 0.1) is 0 Å². The van der Waals surface area contributed by atoms with E-state index in [1.54, 1.807) is 0 Å². The van der Waals surface area contributed by atoms with Gasteiger partial charge >= 0.3 is 19.5 Å². The largest absolute Gasteiger partial charge is 2.00 e. The fourth-order valence-electron chi connectivity index (χ4n) is 9.81. The van der Waals surface area contributed by atoms with E-state index in [0.717, 1.165) is 55.4 Å². The van der Waals surface area contributed by atoms with Crippen molar-refractivity contribution in [2.24, 2.45) is 0 Å². The van der Waals surface area contributed by atoms with Gasteiger partial charge in [0.25, 0.3) is 0 Å². The topological polar surface area (TPSA) is 155 Å². The minimum absolute atomic E-state index is 0. The summed E-state index contributed by atoms with van der Waals surface area (Å²) in [5, 5.41) is 2.98. The summed E-state index contributed by atoms with van der Waals surface area (Å²) in [6.45, 7) is 0. The zero-order chi connectivity index (χ0) is 54.8. The fraction of sp³-hybridized carbons (Fsp3) is 0.125. The van der Waals surface area contributed by atoms with E-state index in [-0.39, 0.29) is 54.1 Å². The third-order valence-corrected chi connectivity index (χ3v) is 13.9. The average Bonchev–Trinajstić information content (AvgIpc) is 4.32. The van der Waals surface area contributed by atoms with Crippen molar-refractivity contribution in [3.05, 3.63) is 170 Å². The van der Waals surface area contributed by atoms with Gasteiger partial charge in [0.1, 0.15) is 23.0 Å². The summed E-state index contributed by atoms with van der Waals surface area (Å²) in [6.07, 6.45) is 0. The molecule has 17 heteroatoms. The van der Waals surface area contributed by atoms with Crippen molar-refractivity contribution in [1.82, 2.24) is 39.9 Å². The van der Waals surface area contributed by atoms with E-state index in [0.29, 0.717) is 68.4 Å². The molecule has 16 nitrogen and oxygen atoms in total. The van der Waals surface area contributed by atoms with Crippen LogP contribution in [-0.2, 0) is 19.5 Å². The molecular formula is C64H52N12O4Zn. The Kier molecular flexibility index (Phi) is 13.5. The molecule has 394 valence electrons. The number of aromatic nitrogens is 8. The first-order valence-electron chi connectivity index (χ1n) is 26.0. The Morgan fingerprint density at radius 2 is 0.568 bits per heavy atom. The van der Waals surface area contributed by atoms with Crippen molar-refractivity contribution in [2.45, 2.75) is 0 Å². The minimum atomic E-state index is 0. The van der Waals surface area contributed by atoms with Crippen molar-refractivity contribution in [2.75, 3.05) is 76.0 Å². The predicted molar refractivity (Wildman–Crippen MR) is 317 cm³/mol. The van der Waals surface area contributed by atoms with Gasteiger partial charge in [0.05, 0.1) is 34.4 Å². The van der Waals surface area contributed by atoms with Gasteiger partial charge in [-0.25, -0.2) is 9.97 Å². The van der Waals surface area contributed by atoms with Crippen LogP contribution in [-0.4, -0.2) is 86.3 Å². The van der Waals surface area contributed by atoms with E-state index in [1.807, 2.05) is 246 Å². The van der Waals surface area contributed by atoms with E-state index in [9.17, 15) is 0 Å². The van der Waals surface area contributed by atoms with Crippen molar-refractivity contribution < 1.29 is 38.4 Å². The van der Waals surface area contributed by atoms with Gasteiger partial charge in [0.15, 0.2) is 11.5 Å². The zero-order valence-electron chi connectivity index (χ0n) is 45.9. The maximum atomic E-state index is 7.36. The van der Waals surface area contributed by atoms with Crippen LogP contribution in [0.4, 0.5) is 22.7 Å². The molecule has 0 atom stereocenters. The molecule has 3 aromatic heterocycles. The van der Waals surface area contributed by atoms with Gasteiger partial charge in [0, 0.05) is 137 Å². The number of hydrogen-bond acceptors (Lipinski definition) is 14. The fourth-order valence-corrected chi connectivity index (χ4v) is 9.81. The molecule has 0 amide bonds. The van der Waals surface area contributed by atoms with Crippen LogP contribution < -0.4 is 48.5 Å². The maximum absolute atomic E-state index is 7.36. The number of anilines is 4. The van der Waals surface area contributed by atoms with E-state index >= 15 is 0 Å². The molecule has 8 bridgehead atoms. The molecule has 0 N–H and O–H groups in total.